The van der Waals surface area contributed by atoms with Crippen molar-refractivity contribution >= 4 is 46.8 Å². The van der Waals surface area contributed by atoms with Gasteiger partial charge in [-0.2, -0.15) is 0 Å². The maximum atomic E-state index is 14.7. The van der Waals surface area contributed by atoms with Gasteiger partial charge in [0.1, 0.15) is 6.04 Å². The summed E-state index contributed by atoms with van der Waals surface area (Å²) in [6, 6.07) is 5.78. The number of aliphatic hydroxyl groups excluding tert-OH is 1. The number of rotatable bonds is 7. The highest BCUT2D eigenvalue weighted by Gasteiger charge is 2.74. The Morgan fingerprint density at radius 1 is 1.05 bits per heavy atom. The predicted molar refractivity (Wildman–Crippen MR) is 156 cm³/mol. The van der Waals surface area contributed by atoms with Crippen LogP contribution in [0.4, 0.5) is 5.69 Å². The van der Waals surface area contributed by atoms with Gasteiger partial charge in [-0.05, 0) is 31.4 Å². The lowest BCUT2D eigenvalue weighted by Gasteiger charge is -2.41. The maximum absolute atomic E-state index is 14.7. The summed E-state index contributed by atoms with van der Waals surface area (Å²) < 4.78 is -1.61. The van der Waals surface area contributed by atoms with Crippen LogP contribution in [0.1, 0.15) is 40.5 Å². The minimum absolute atomic E-state index is 0.0372. The fourth-order valence-corrected chi connectivity index (χ4v) is 9.42. The molecule has 3 amide bonds. The first-order valence-corrected chi connectivity index (χ1v) is 15.2. The Labute approximate surface area is 240 Å². The third-order valence-electron chi connectivity index (χ3n) is 9.06. The summed E-state index contributed by atoms with van der Waals surface area (Å²) in [4.78, 5) is 48.5. The molecule has 7 atom stereocenters. The zero-order valence-electron chi connectivity index (χ0n) is 23.0. The quantitative estimate of drug-likeness (QED) is 0.497. The van der Waals surface area contributed by atoms with Crippen LogP contribution in [0.5, 0.6) is 0 Å². The molecular weight excluding hydrogens is 534 g/mol. The molecule has 0 aromatic heterocycles. The molecule has 0 radical (unpaired) electrons. The lowest BCUT2D eigenvalue weighted by atomic mass is 9.74. The van der Waals surface area contributed by atoms with Gasteiger partial charge in [0.2, 0.25) is 11.8 Å². The van der Waals surface area contributed by atoms with Gasteiger partial charge < -0.3 is 19.8 Å². The van der Waals surface area contributed by atoms with Gasteiger partial charge in [-0.1, -0.05) is 75.2 Å². The second-order valence-corrected chi connectivity index (χ2v) is 13.6. The van der Waals surface area contributed by atoms with Gasteiger partial charge in [-0.15, -0.1) is 11.8 Å². The topological polar surface area (TPSA) is 81.2 Å². The van der Waals surface area contributed by atoms with Gasteiger partial charge in [0.05, 0.1) is 39.9 Å². The van der Waals surface area contributed by atoms with Crippen LogP contribution in [0.15, 0.2) is 48.6 Å². The van der Waals surface area contributed by atoms with Crippen LogP contribution in [0.3, 0.4) is 0 Å². The Kier molecular flexibility index (Phi) is 7.68. The molecule has 39 heavy (non-hydrogen) atoms. The number of benzene rings is 1. The molecule has 0 aliphatic carbocycles. The molecule has 1 N–H and O–H groups in total. The molecule has 4 aliphatic rings. The Morgan fingerprint density at radius 3 is 2.44 bits per heavy atom. The molecule has 4 aliphatic heterocycles. The largest absolute Gasteiger partial charge is 0.394 e. The molecule has 4 heterocycles. The number of fused-ring (bicyclic) bond motifs is 2. The van der Waals surface area contributed by atoms with Crippen molar-refractivity contribution in [3.63, 3.8) is 0 Å². The highest BCUT2D eigenvalue weighted by Crippen LogP contribution is 2.66. The van der Waals surface area contributed by atoms with Crippen LogP contribution < -0.4 is 4.90 Å². The fourth-order valence-electron chi connectivity index (χ4n) is 7.04. The molecule has 7 nitrogen and oxygen atoms in total. The number of hydrogen-bond acceptors (Lipinski definition) is 5. The first-order valence-electron chi connectivity index (χ1n) is 14.0. The lowest BCUT2D eigenvalue weighted by molar-refractivity contribution is -0.146. The van der Waals surface area contributed by atoms with E-state index < -0.39 is 33.4 Å². The number of carbonyl (C=O) groups excluding carboxylic acids is 3. The first-order chi connectivity index (χ1) is 18.6. The van der Waals surface area contributed by atoms with Gasteiger partial charge in [0.25, 0.3) is 5.91 Å². The van der Waals surface area contributed by atoms with Crippen molar-refractivity contribution < 1.29 is 19.5 Å². The summed E-state index contributed by atoms with van der Waals surface area (Å²) in [5, 5.41) is 11.0. The highest BCUT2D eigenvalue weighted by atomic mass is 35.5. The zero-order valence-corrected chi connectivity index (χ0v) is 24.6. The van der Waals surface area contributed by atoms with Gasteiger partial charge >= 0.3 is 0 Å². The molecule has 0 saturated carbocycles. The highest BCUT2D eigenvalue weighted by molar-refractivity contribution is 8.02. The van der Waals surface area contributed by atoms with Crippen molar-refractivity contribution in [1.82, 2.24) is 9.80 Å². The minimum atomic E-state index is -0.959. The van der Waals surface area contributed by atoms with E-state index in [2.05, 4.69) is 6.08 Å². The number of anilines is 1. The number of carbonyl (C=O) groups is 3. The Balaban J connectivity index is 1.69. The summed E-state index contributed by atoms with van der Waals surface area (Å²) >= 11 is 8.12. The van der Waals surface area contributed by atoms with Crippen molar-refractivity contribution in [3.8, 4) is 0 Å². The molecule has 1 unspecified atom stereocenters. The van der Waals surface area contributed by atoms with E-state index in [0.717, 1.165) is 12.8 Å². The van der Waals surface area contributed by atoms with Crippen molar-refractivity contribution in [1.29, 1.82) is 0 Å². The van der Waals surface area contributed by atoms with E-state index in [-0.39, 0.29) is 30.2 Å². The van der Waals surface area contributed by atoms with Gasteiger partial charge in [-0.25, -0.2) is 0 Å². The van der Waals surface area contributed by atoms with Crippen LogP contribution in [0, 0.1) is 17.8 Å². The molecule has 5 rings (SSSR count). The number of thioether (sulfide) groups is 1. The molecule has 1 spiro atoms. The molecule has 2 saturated heterocycles. The number of halogens is 1. The Morgan fingerprint density at radius 2 is 1.77 bits per heavy atom. The van der Waals surface area contributed by atoms with E-state index in [9.17, 15) is 19.5 Å². The normalized spacial score (nSPS) is 33.5. The number of amides is 3. The van der Waals surface area contributed by atoms with E-state index in [1.54, 1.807) is 27.6 Å². The molecule has 1 aromatic rings. The van der Waals surface area contributed by atoms with Gasteiger partial charge in [0.15, 0.2) is 0 Å². The van der Waals surface area contributed by atoms with Crippen LogP contribution in [0.25, 0.3) is 0 Å². The van der Waals surface area contributed by atoms with Crippen LogP contribution in [-0.4, -0.2) is 80.4 Å². The third kappa shape index (κ3) is 4.25. The van der Waals surface area contributed by atoms with Crippen LogP contribution in [-0.2, 0) is 14.4 Å². The fraction of sp³-hybridized carbons (Fsp3) is 0.567. The van der Waals surface area contributed by atoms with Crippen molar-refractivity contribution in [2.24, 2.45) is 17.8 Å². The second-order valence-electron chi connectivity index (χ2n) is 11.4. The van der Waals surface area contributed by atoms with Gasteiger partial charge in [0, 0.05) is 24.4 Å². The van der Waals surface area contributed by atoms with Gasteiger partial charge in [-0.3, -0.25) is 14.4 Å². The zero-order chi connectivity index (χ0) is 28.1. The predicted octanol–water partition coefficient (Wildman–Crippen LogP) is 4.15. The summed E-state index contributed by atoms with van der Waals surface area (Å²) in [7, 11) is 0. The summed E-state index contributed by atoms with van der Waals surface area (Å²) in [6.45, 7) is 9.26. The molecule has 1 aromatic carbocycles. The maximum Gasteiger partial charge on any atom is 0.251 e. The van der Waals surface area contributed by atoms with Crippen molar-refractivity contribution in [2.75, 3.05) is 31.1 Å². The van der Waals surface area contributed by atoms with E-state index in [1.165, 1.54) is 0 Å². The van der Waals surface area contributed by atoms with Crippen LogP contribution in [0.2, 0.25) is 5.02 Å². The average molecular weight is 572 g/mol. The smallest absolute Gasteiger partial charge is 0.251 e. The minimum Gasteiger partial charge on any atom is -0.394 e. The molecule has 9 heteroatoms. The lowest BCUT2D eigenvalue weighted by Crippen LogP contribution is -2.58. The number of para-hydroxylation sites is 1. The summed E-state index contributed by atoms with van der Waals surface area (Å²) in [6.07, 6.45) is 9.62. The Bertz CT molecular complexity index is 1220. The monoisotopic (exact) mass is 571 g/mol. The SMILES string of the molecule is CCCN1CC=C[C@@]2(C)S[C@]34C=CCN(c5ccccc5Cl)C(=O)C3N([C@@H](CO)[C@@H](C)CC)C(=O)[C@@H]4[C@H]2C1=O. The van der Waals surface area contributed by atoms with Crippen LogP contribution >= 0.6 is 23.4 Å². The standard InChI is InChI=1S/C30H38ClN3O4S/c1-5-15-32-16-9-13-29(4)23(26(32)36)24-27(37)34(22(18-35)19(3)6-2)25-28(38)33(17-10-14-30(24,25)39-29)21-12-8-7-11-20(21)31/h7-14,19,22-25,35H,5-6,15-18H2,1-4H3/t19-,22-,23-,24-,25?,29+,30-/m0/s1. The number of likely N-dealkylation sites (tertiary alicyclic amines) is 1. The van der Waals surface area contributed by atoms with E-state index in [1.807, 2.05) is 69.0 Å². The average Bonchev–Trinajstić information content (AvgIpc) is 3.19. The summed E-state index contributed by atoms with van der Waals surface area (Å²) in [5.74, 6) is -1.88. The van der Waals surface area contributed by atoms with E-state index >= 15 is 0 Å². The second kappa shape index (κ2) is 10.6. The van der Waals surface area contributed by atoms with Crippen molar-refractivity contribution in [3.05, 3.63) is 53.6 Å². The number of hydrogen-bond donors (Lipinski definition) is 1. The molecule has 210 valence electrons. The third-order valence-corrected chi connectivity index (χ3v) is 11.2. The number of nitrogens with zero attached hydrogens (tertiary/aromatic N) is 3. The van der Waals surface area contributed by atoms with E-state index in [0.29, 0.717) is 30.3 Å². The number of aliphatic hydroxyl groups is 1. The molecule has 2 fully saturated rings. The Hall–Kier alpha value is -2.29. The molecular formula is C30H38ClN3O4S. The first kappa shape index (κ1) is 28.2. The summed E-state index contributed by atoms with van der Waals surface area (Å²) in [5.41, 5.74) is 0.583. The van der Waals surface area contributed by atoms with E-state index in [4.69, 9.17) is 11.6 Å². The van der Waals surface area contributed by atoms with Crippen molar-refractivity contribution in [2.45, 2.75) is 62.1 Å². The molecule has 0 bridgehead atoms.